The molecule has 1 fully saturated rings. The van der Waals surface area contributed by atoms with Gasteiger partial charge in [-0.25, -0.2) is 9.97 Å². The van der Waals surface area contributed by atoms with Gasteiger partial charge in [0.15, 0.2) is 0 Å². The van der Waals surface area contributed by atoms with E-state index in [4.69, 9.17) is 14.7 Å². The van der Waals surface area contributed by atoms with Crippen LogP contribution < -0.4 is 0 Å². The predicted octanol–water partition coefficient (Wildman–Crippen LogP) is 4.25. The number of nitrogens with zero attached hydrogens (tertiary/aromatic N) is 2. The second kappa shape index (κ2) is 5.20. The van der Waals surface area contributed by atoms with Crippen molar-refractivity contribution < 1.29 is 4.74 Å². The summed E-state index contributed by atoms with van der Waals surface area (Å²) in [7, 11) is 0. The van der Waals surface area contributed by atoms with Gasteiger partial charge in [-0.3, -0.25) is 0 Å². The van der Waals surface area contributed by atoms with Gasteiger partial charge in [-0.1, -0.05) is 24.3 Å². The number of hydrogen-bond donors (Lipinski definition) is 0. The minimum atomic E-state index is 0.346. The van der Waals surface area contributed by atoms with Crippen LogP contribution in [0.4, 0.5) is 0 Å². The summed E-state index contributed by atoms with van der Waals surface area (Å²) in [6.45, 7) is 2.91. The van der Waals surface area contributed by atoms with E-state index < -0.39 is 0 Å². The predicted molar refractivity (Wildman–Crippen MR) is 85.6 cm³/mol. The molecule has 0 spiro atoms. The molecular formula is C17H16N2OS. The molecule has 4 heteroatoms. The van der Waals surface area contributed by atoms with Gasteiger partial charge in [-0.2, -0.15) is 0 Å². The number of para-hydroxylation sites is 1. The minimum absolute atomic E-state index is 0.346. The summed E-state index contributed by atoms with van der Waals surface area (Å²) in [6.07, 6.45) is 1.41. The standard InChI is InChI=1S/C17H16N2OS/c1-11-8-13(9-20-11)16-10-21-17(19-16)15-7-6-12-4-2-3-5-14(12)18-15/h2-7,10-11,13H,8-9H2,1H3. The molecular weight excluding hydrogens is 280 g/mol. The molecule has 0 bridgehead atoms. The third-order valence-electron chi connectivity index (χ3n) is 3.96. The fourth-order valence-corrected chi connectivity index (χ4v) is 3.67. The molecule has 21 heavy (non-hydrogen) atoms. The van der Waals surface area contributed by atoms with Crippen LogP contribution >= 0.6 is 11.3 Å². The molecule has 1 saturated heterocycles. The van der Waals surface area contributed by atoms with E-state index in [2.05, 4.69) is 30.5 Å². The maximum Gasteiger partial charge on any atom is 0.142 e. The topological polar surface area (TPSA) is 35.0 Å². The Balaban J connectivity index is 1.67. The fraction of sp³-hybridized carbons (Fsp3) is 0.294. The molecule has 0 radical (unpaired) electrons. The Morgan fingerprint density at radius 2 is 2.05 bits per heavy atom. The molecule has 2 unspecified atom stereocenters. The Morgan fingerprint density at radius 1 is 1.14 bits per heavy atom. The Kier molecular flexibility index (Phi) is 3.20. The molecule has 0 saturated carbocycles. The van der Waals surface area contributed by atoms with E-state index in [0.29, 0.717) is 12.0 Å². The monoisotopic (exact) mass is 296 g/mol. The first-order chi connectivity index (χ1) is 10.3. The SMILES string of the molecule is CC1CC(c2csc(-c3ccc4ccccc4n3)n2)CO1. The van der Waals surface area contributed by atoms with Crippen LogP contribution in [-0.4, -0.2) is 22.7 Å². The first-order valence-corrected chi connectivity index (χ1v) is 8.11. The minimum Gasteiger partial charge on any atom is -0.378 e. The summed E-state index contributed by atoms with van der Waals surface area (Å²) < 4.78 is 5.64. The van der Waals surface area contributed by atoms with Gasteiger partial charge in [0, 0.05) is 16.7 Å². The van der Waals surface area contributed by atoms with Crippen LogP contribution in [0.1, 0.15) is 25.0 Å². The van der Waals surface area contributed by atoms with Crippen LogP contribution in [0, 0.1) is 0 Å². The summed E-state index contributed by atoms with van der Waals surface area (Å²) in [5.74, 6) is 0.436. The van der Waals surface area contributed by atoms with Crippen molar-refractivity contribution in [2.45, 2.75) is 25.4 Å². The molecule has 0 N–H and O–H groups in total. The lowest BCUT2D eigenvalue weighted by molar-refractivity contribution is 0.123. The zero-order chi connectivity index (χ0) is 14.2. The third-order valence-corrected chi connectivity index (χ3v) is 4.84. The van der Waals surface area contributed by atoms with Crippen molar-refractivity contribution in [2.24, 2.45) is 0 Å². The Morgan fingerprint density at radius 3 is 2.90 bits per heavy atom. The number of rotatable bonds is 2. The highest BCUT2D eigenvalue weighted by Gasteiger charge is 2.25. The highest BCUT2D eigenvalue weighted by atomic mass is 32.1. The number of hydrogen-bond acceptors (Lipinski definition) is 4. The number of benzene rings is 1. The lowest BCUT2D eigenvalue weighted by atomic mass is 10.0. The fourth-order valence-electron chi connectivity index (χ4n) is 2.80. The van der Waals surface area contributed by atoms with E-state index in [-0.39, 0.29) is 0 Å². The molecule has 0 aliphatic carbocycles. The van der Waals surface area contributed by atoms with Gasteiger partial charge in [0.1, 0.15) is 5.01 Å². The molecule has 1 aliphatic rings. The highest BCUT2D eigenvalue weighted by Crippen LogP contribution is 2.32. The van der Waals surface area contributed by atoms with Crippen LogP contribution in [0.3, 0.4) is 0 Å². The molecule has 2 atom stereocenters. The number of ether oxygens (including phenoxy) is 1. The van der Waals surface area contributed by atoms with Gasteiger partial charge in [0.05, 0.1) is 29.6 Å². The van der Waals surface area contributed by atoms with Crippen molar-refractivity contribution in [3.8, 4) is 10.7 Å². The zero-order valence-corrected chi connectivity index (χ0v) is 12.6. The van der Waals surface area contributed by atoms with Crippen LogP contribution in [0.15, 0.2) is 41.8 Å². The van der Waals surface area contributed by atoms with Gasteiger partial charge in [-0.15, -0.1) is 11.3 Å². The summed E-state index contributed by atoms with van der Waals surface area (Å²) in [4.78, 5) is 9.50. The lowest BCUT2D eigenvalue weighted by Crippen LogP contribution is -1.98. The number of aromatic nitrogens is 2. The Labute approximate surface area is 127 Å². The van der Waals surface area contributed by atoms with Crippen molar-refractivity contribution in [2.75, 3.05) is 6.61 Å². The normalized spacial score (nSPS) is 22.0. The molecule has 1 aromatic carbocycles. The van der Waals surface area contributed by atoms with Crippen LogP contribution in [0.25, 0.3) is 21.6 Å². The first-order valence-electron chi connectivity index (χ1n) is 7.23. The summed E-state index contributed by atoms with van der Waals surface area (Å²) in [5.41, 5.74) is 3.12. The van der Waals surface area contributed by atoms with E-state index in [0.717, 1.165) is 40.3 Å². The molecule has 3 nitrogen and oxygen atoms in total. The number of thiazole rings is 1. The van der Waals surface area contributed by atoms with Gasteiger partial charge in [0.25, 0.3) is 0 Å². The number of fused-ring (bicyclic) bond motifs is 1. The summed E-state index contributed by atoms with van der Waals surface area (Å²) in [6, 6.07) is 12.3. The molecule has 106 valence electrons. The molecule has 2 aromatic heterocycles. The van der Waals surface area contributed by atoms with E-state index in [1.54, 1.807) is 11.3 Å². The maximum absolute atomic E-state index is 5.64. The van der Waals surface area contributed by atoms with Crippen LogP contribution in [-0.2, 0) is 4.74 Å². The molecule has 0 amide bonds. The molecule has 4 rings (SSSR count). The van der Waals surface area contributed by atoms with Crippen molar-refractivity contribution in [3.05, 3.63) is 47.5 Å². The van der Waals surface area contributed by atoms with Crippen LogP contribution in [0.2, 0.25) is 0 Å². The molecule has 1 aliphatic heterocycles. The number of pyridine rings is 1. The first kappa shape index (κ1) is 12.9. The van der Waals surface area contributed by atoms with Crippen molar-refractivity contribution in [1.82, 2.24) is 9.97 Å². The average molecular weight is 296 g/mol. The average Bonchev–Trinajstić information content (AvgIpc) is 3.15. The van der Waals surface area contributed by atoms with Crippen molar-refractivity contribution >= 4 is 22.2 Å². The van der Waals surface area contributed by atoms with Crippen LogP contribution in [0.5, 0.6) is 0 Å². The zero-order valence-electron chi connectivity index (χ0n) is 11.8. The largest absolute Gasteiger partial charge is 0.378 e. The van der Waals surface area contributed by atoms with Gasteiger partial charge in [0.2, 0.25) is 0 Å². The molecule has 3 aromatic rings. The van der Waals surface area contributed by atoms with Gasteiger partial charge >= 0.3 is 0 Å². The maximum atomic E-state index is 5.64. The molecule has 3 heterocycles. The Hall–Kier alpha value is -1.78. The Bertz CT molecular complexity index is 783. The quantitative estimate of drug-likeness (QED) is 0.709. The van der Waals surface area contributed by atoms with Crippen molar-refractivity contribution in [1.29, 1.82) is 0 Å². The second-order valence-corrected chi connectivity index (χ2v) is 6.40. The van der Waals surface area contributed by atoms with Crippen molar-refractivity contribution in [3.63, 3.8) is 0 Å². The summed E-state index contributed by atoms with van der Waals surface area (Å²) in [5, 5.41) is 4.31. The lowest BCUT2D eigenvalue weighted by Gasteiger charge is -2.02. The van der Waals surface area contributed by atoms with E-state index >= 15 is 0 Å². The van der Waals surface area contributed by atoms with Gasteiger partial charge < -0.3 is 4.74 Å². The third kappa shape index (κ3) is 2.45. The van der Waals surface area contributed by atoms with E-state index in [1.165, 1.54) is 0 Å². The second-order valence-electron chi connectivity index (χ2n) is 5.54. The van der Waals surface area contributed by atoms with E-state index in [9.17, 15) is 0 Å². The highest BCUT2D eigenvalue weighted by molar-refractivity contribution is 7.13. The van der Waals surface area contributed by atoms with Gasteiger partial charge in [-0.05, 0) is 25.5 Å². The summed E-state index contributed by atoms with van der Waals surface area (Å²) >= 11 is 1.67. The van der Waals surface area contributed by atoms with E-state index in [1.807, 2.05) is 18.2 Å². The smallest absolute Gasteiger partial charge is 0.142 e.